The van der Waals surface area contributed by atoms with E-state index in [2.05, 4.69) is 25.1 Å². The number of hydrogen-bond acceptors (Lipinski definition) is 6. The number of nitrogens with zero attached hydrogens (tertiary/aromatic N) is 4. The van der Waals surface area contributed by atoms with E-state index in [0.29, 0.717) is 22.9 Å². The minimum Gasteiger partial charge on any atom is -0.356 e. The van der Waals surface area contributed by atoms with Gasteiger partial charge in [0.1, 0.15) is 16.5 Å². The van der Waals surface area contributed by atoms with E-state index >= 15 is 0 Å². The van der Waals surface area contributed by atoms with Crippen molar-refractivity contribution in [1.82, 2.24) is 20.2 Å². The Hall–Kier alpha value is -1.96. The van der Waals surface area contributed by atoms with Crippen molar-refractivity contribution in [1.29, 1.82) is 0 Å². The molecule has 0 aliphatic carbocycles. The molecule has 0 spiro atoms. The fourth-order valence-corrected chi connectivity index (χ4v) is 3.94. The minimum atomic E-state index is -3.24. The first-order valence-electron chi connectivity index (χ1n) is 7.70. The molecule has 0 bridgehead atoms. The second-order valence-electron chi connectivity index (χ2n) is 6.11. The van der Waals surface area contributed by atoms with Gasteiger partial charge in [-0.3, -0.25) is 5.10 Å². The lowest BCUT2D eigenvalue weighted by Crippen LogP contribution is -2.37. The Balaban J connectivity index is 1.74. The van der Waals surface area contributed by atoms with Crippen LogP contribution in [0.15, 0.2) is 23.4 Å². The number of aromatic amines is 1. The van der Waals surface area contributed by atoms with Gasteiger partial charge in [-0.15, -0.1) is 0 Å². The van der Waals surface area contributed by atoms with Crippen molar-refractivity contribution < 1.29 is 8.42 Å². The van der Waals surface area contributed by atoms with Gasteiger partial charge in [0, 0.05) is 25.5 Å². The molecule has 23 heavy (non-hydrogen) atoms. The second-order valence-corrected chi connectivity index (χ2v) is 8.09. The van der Waals surface area contributed by atoms with E-state index in [4.69, 9.17) is 0 Å². The predicted molar refractivity (Wildman–Crippen MR) is 87.1 cm³/mol. The molecule has 3 rings (SSSR count). The van der Waals surface area contributed by atoms with Crippen LogP contribution in [0.2, 0.25) is 0 Å². The molecule has 7 nitrogen and oxygen atoms in total. The summed E-state index contributed by atoms with van der Waals surface area (Å²) in [5, 5.41) is 6.75. The van der Waals surface area contributed by atoms with Gasteiger partial charge in [-0.25, -0.2) is 18.4 Å². The zero-order valence-corrected chi connectivity index (χ0v) is 14.2. The van der Waals surface area contributed by atoms with Gasteiger partial charge >= 0.3 is 0 Å². The van der Waals surface area contributed by atoms with Crippen molar-refractivity contribution >= 4 is 15.7 Å². The highest BCUT2D eigenvalue weighted by Crippen LogP contribution is 2.25. The summed E-state index contributed by atoms with van der Waals surface area (Å²) in [4.78, 5) is 11.2. The van der Waals surface area contributed by atoms with Crippen LogP contribution in [0, 0.1) is 12.8 Å². The van der Waals surface area contributed by atoms with Crippen LogP contribution in [0.5, 0.6) is 0 Å². The number of H-pyrrole nitrogens is 1. The Morgan fingerprint density at radius 1 is 1.43 bits per heavy atom. The smallest absolute Gasteiger partial charge is 0.178 e. The van der Waals surface area contributed by atoms with E-state index in [1.54, 1.807) is 6.20 Å². The van der Waals surface area contributed by atoms with Gasteiger partial charge in [0.25, 0.3) is 0 Å². The Morgan fingerprint density at radius 3 is 3.00 bits per heavy atom. The van der Waals surface area contributed by atoms with Crippen LogP contribution in [0.1, 0.15) is 24.4 Å². The SMILES string of the molecule is Cc1nccc(N2CCC[C@H](Cc3[nH]ncc3S(C)(=O)=O)C2)n1. The molecular weight excluding hydrogens is 314 g/mol. The molecule has 2 aromatic heterocycles. The number of sulfone groups is 1. The van der Waals surface area contributed by atoms with Crippen molar-refractivity contribution in [2.45, 2.75) is 31.1 Å². The Morgan fingerprint density at radius 2 is 2.26 bits per heavy atom. The molecule has 0 unspecified atom stereocenters. The number of nitrogens with one attached hydrogen (secondary N) is 1. The van der Waals surface area contributed by atoms with Crippen LogP contribution >= 0.6 is 0 Å². The monoisotopic (exact) mass is 335 g/mol. The first-order valence-corrected chi connectivity index (χ1v) is 9.59. The average Bonchev–Trinajstić information content (AvgIpc) is 2.96. The van der Waals surface area contributed by atoms with E-state index in [0.717, 1.165) is 37.6 Å². The summed E-state index contributed by atoms with van der Waals surface area (Å²) in [5.74, 6) is 2.08. The number of aromatic nitrogens is 4. The molecule has 1 aliphatic heterocycles. The molecular formula is C15H21N5O2S. The largest absolute Gasteiger partial charge is 0.356 e. The fourth-order valence-electron chi connectivity index (χ4n) is 3.12. The third kappa shape index (κ3) is 3.69. The molecule has 0 saturated carbocycles. The number of hydrogen-bond donors (Lipinski definition) is 1. The molecule has 8 heteroatoms. The van der Waals surface area contributed by atoms with E-state index in [1.165, 1.54) is 12.5 Å². The highest BCUT2D eigenvalue weighted by molar-refractivity contribution is 7.90. The van der Waals surface area contributed by atoms with E-state index in [-0.39, 0.29) is 0 Å². The maximum atomic E-state index is 11.8. The van der Waals surface area contributed by atoms with Gasteiger partial charge in [-0.2, -0.15) is 5.10 Å². The molecule has 2 aromatic rings. The second kappa shape index (κ2) is 6.27. The first kappa shape index (κ1) is 15.9. The van der Waals surface area contributed by atoms with Crippen molar-refractivity contribution in [2.75, 3.05) is 24.2 Å². The van der Waals surface area contributed by atoms with Gasteiger partial charge < -0.3 is 4.90 Å². The van der Waals surface area contributed by atoms with Crippen LogP contribution in [0.4, 0.5) is 5.82 Å². The molecule has 0 radical (unpaired) electrons. The van der Waals surface area contributed by atoms with Crippen LogP contribution in [-0.4, -0.2) is 47.9 Å². The summed E-state index contributed by atoms with van der Waals surface area (Å²) in [6.45, 7) is 3.71. The predicted octanol–water partition coefficient (Wildman–Crippen LogP) is 1.37. The van der Waals surface area contributed by atoms with Crippen molar-refractivity contribution in [2.24, 2.45) is 5.92 Å². The van der Waals surface area contributed by atoms with Crippen LogP contribution in [0.3, 0.4) is 0 Å². The zero-order valence-electron chi connectivity index (χ0n) is 13.4. The maximum absolute atomic E-state index is 11.8. The topological polar surface area (TPSA) is 91.8 Å². The average molecular weight is 335 g/mol. The third-order valence-electron chi connectivity index (χ3n) is 4.18. The van der Waals surface area contributed by atoms with Gasteiger partial charge in [-0.05, 0) is 38.2 Å². The van der Waals surface area contributed by atoms with Crippen LogP contribution in [-0.2, 0) is 16.3 Å². The summed E-state index contributed by atoms with van der Waals surface area (Å²) < 4.78 is 23.6. The fraction of sp³-hybridized carbons (Fsp3) is 0.533. The van der Waals surface area contributed by atoms with Crippen molar-refractivity contribution in [3.05, 3.63) is 30.0 Å². The van der Waals surface area contributed by atoms with E-state index in [9.17, 15) is 8.42 Å². The Bertz CT molecular complexity index is 787. The van der Waals surface area contributed by atoms with Gasteiger partial charge in [0.05, 0.1) is 11.9 Å². The van der Waals surface area contributed by atoms with Crippen molar-refractivity contribution in [3.63, 3.8) is 0 Å². The van der Waals surface area contributed by atoms with Gasteiger partial charge in [0.2, 0.25) is 0 Å². The number of aryl methyl sites for hydroxylation is 1. The van der Waals surface area contributed by atoms with E-state index < -0.39 is 9.84 Å². The lowest BCUT2D eigenvalue weighted by Gasteiger charge is -2.33. The summed E-state index contributed by atoms with van der Waals surface area (Å²) in [7, 11) is -3.24. The lowest BCUT2D eigenvalue weighted by atomic mass is 9.93. The molecule has 1 aliphatic rings. The maximum Gasteiger partial charge on any atom is 0.178 e. The summed E-state index contributed by atoms with van der Waals surface area (Å²) in [6.07, 6.45) is 7.22. The zero-order chi connectivity index (χ0) is 16.4. The Kier molecular flexibility index (Phi) is 4.34. The standard InChI is InChI=1S/C15H21N5O2S/c1-11-16-6-5-15(18-11)20-7-3-4-12(10-20)8-13-14(9-17-19-13)23(2,21)22/h5-6,9,12H,3-4,7-8,10H2,1-2H3,(H,17,19)/t12-/m1/s1. The van der Waals surface area contributed by atoms with Crippen LogP contribution in [0.25, 0.3) is 0 Å². The molecule has 1 N–H and O–H groups in total. The quantitative estimate of drug-likeness (QED) is 0.907. The van der Waals surface area contributed by atoms with Gasteiger partial charge in [0.15, 0.2) is 9.84 Å². The summed E-state index contributed by atoms with van der Waals surface area (Å²) in [6, 6.07) is 1.92. The van der Waals surface area contributed by atoms with Gasteiger partial charge in [-0.1, -0.05) is 0 Å². The highest BCUT2D eigenvalue weighted by atomic mass is 32.2. The number of piperidine rings is 1. The number of rotatable bonds is 4. The Labute approximate surface area is 136 Å². The summed E-state index contributed by atoms with van der Waals surface area (Å²) >= 11 is 0. The number of anilines is 1. The van der Waals surface area contributed by atoms with Crippen LogP contribution < -0.4 is 4.90 Å². The molecule has 0 amide bonds. The molecule has 124 valence electrons. The minimum absolute atomic E-state index is 0.313. The molecule has 1 saturated heterocycles. The molecule has 0 aromatic carbocycles. The molecule has 1 fully saturated rings. The third-order valence-corrected chi connectivity index (χ3v) is 5.33. The normalized spacial score (nSPS) is 19.0. The molecule has 3 heterocycles. The van der Waals surface area contributed by atoms with Crippen molar-refractivity contribution in [3.8, 4) is 0 Å². The summed E-state index contributed by atoms with van der Waals surface area (Å²) in [5.41, 5.74) is 0.707. The highest BCUT2D eigenvalue weighted by Gasteiger charge is 2.24. The first-order chi connectivity index (χ1) is 10.9. The molecule has 1 atom stereocenters. The van der Waals surface area contributed by atoms with E-state index in [1.807, 2.05) is 13.0 Å². The lowest BCUT2D eigenvalue weighted by molar-refractivity contribution is 0.406.